The SMILES string of the molecule is C#C/C(=C\C=C/C)c1cc(C)ccc1Nc1ccccc1. The van der Waals surface area contributed by atoms with E-state index in [4.69, 9.17) is 6.42 Å². The van der Waals surface area contributed by atoms with E-state index in [0.29, 0.717) is 0 Å². The number of para-hydroxylation sites is 1. The number of aryl methyl sites for hydroxylation is 1. The van der Waals surface area contributed by atoms with E-state index in [0.717, 1.165) is 22.5 Å². The number of benzene rings is 2. The molecule has 0 atom stereocenters. The Labute approximate surface area is 127 Å². The summed E-state index contributed by atoms with van der Waals surface area (Å²) in [5.41, 5.74) is 5.16. The largest absolute Gasteiger partial charge is 0.355 e. The molecule has 0 heterocycles. The fourth-order valence-electron chi connectivity index (χ4n) is 2.08. The van der Waals surface area contributed by atoms with Gasteiger partial charge in [0.05, 0.1) is 0 Å². The number of rotatable bonds is 4. The molecule has 0 aliphatic rings. The summed E-state index contributed by atoms with van der Waals surface area (Å²) in [5, 5.41) is 3.43. The van der Waals surface area contributed by atoms with Crippen LogP contribution < -0.4 is 5.32 Å². The summed E-state index contributed by atoms with van der Waals surface area (Å²) in [6, 6.07) is 16.4. The molecule has 0 saturated carbocycles. The monoisotopic (exact) mass is 273 g/mol. The normalized spacial score (nSPS) is 11.4. The van der Waals surface area contributed by atoms with Crippen LogP contribution in [0.25, 0.3) is 5.57 Å². The molecule has 0 aliphatic heterocycles. The van der Waals surface area contributed by atoms with Gasteiger partial charge in [0.1, 0.15) is 0 Å². The number of anilines is 2. The van der Waals surface area contributed by atoms with E-state index >= 15 is 0 Å². The van der Waals surface area contributed by atoms with Gasteiger partial charge in [0.2, 0.25) is 0 Å². The van der Waals surface area contributed by atoms with Crippen LogP contribution in [-0.2, 0) is 0 Å². The predicted octanol–water partition coefficient (Wildman–Crippen LogP) is 5.33. The molecule has 0 spiro atoms. The third kappa shape index (κ3) is 3.87. The van der Waals surface area contributed by atoms with Gasteiger partial charge in [0.25, 0.3) is 0 Å². The van der Waals surface area contributed by atoms with Crippen molar-refractivity contribution in [2.24, 2.45) is 0 Å². The predicted molar refractivity (Wildman–Crippen MR) is 92.5 cm³/mol. The van der Waals surface area contributed by atoms with Crippen LogP contribution in [0.1, 0.15) is 18.1 Å². The molecule has 2 aromatic carbocycles. The molecule has 0 aromatic heterocycles. The molecule has 0 bridgehead atoms. The maximum Gasteiger partial charge on any atom is 0.0470 e. The standard InChI is InChI=1S/C20H19N/c1-4-6-10-17(5-2)19-15-16(3)13-14-20(19)21-18-11-8-7-9-12-18/h2,4,6-15,21H,1,3H3/b6-4-,17-10+. The molecule has 1 N–H and O–H groups in total. The van der Waals surface area contributed by atoms with E-state index in [1.807, 2.05) is 55.5 Å². The van der Waals surface area contributed by atoms with Crippen molar-refractivity contribution in [1.82, 2.24) is 0 Å². The second kappa shape index (κ2) is 7.17. The summed E-state index contributed by atoms with van der Waals surface area (Å²) < 4.78 is 0. The minimum Gasteiger partial charge on any atom is -0.355 e. The van der Waals surface area contributed by atoms with Gasteiger partial charge in [-0.3, -0.25) is 0 Å². The van der Waals surface area contributed by atoms with E-state index in [9.17, 15) is 0 Å². The molecule has 0 aliphatic carbocycles. The summed E-state index contributed by atoms with van der Waals surface area (Å²) in [5.74, 6) is 2.78. The van der Waals surface area contributed by atoms with E-state index in [1.54, 1.807) is 0 Å². The van der Waals surface area contributed by atoms with Gasteiger partial charge in [0, 0.05) is 22.5 Å². The molecule has 21 heavy (non-hydrogen) atoms. The highest BCUT2D eigenvalue weighted by Crippen LogP contribution is 2.28. The van der Waals surface area contributed by atoms with Crippen LogP contribution in [0.4, 0.5) is 11.4 Å². The van der Waals surface area contributed by atoms with Gasteiger partial charge >= 0.3 is 0 Å². The van der Waals surface area contributed by atoms with Crippen molar-refractivity contribution in [3.05, 3.63) is 77.9 Å². The summed E-state index contributed by atoms with van der Waals surface area (Å²) in [6.45, 7) is 4.05. The fraction of sp³-hybridized carbons (Fsp3) is 0.100. The van der Waals surface area contributed by atoms with Crippen LogP contribution in [0, 0.1) is 19.3 Å². The summed E-state index contributed by atoms with van der Waals surface area (Å²) in [4.78, 5) is 0. The molecular formula is C20H19N. The van der Waals surface area contributed by atoms with Gasteiger partial charge in [-0.25, -0.2) is 0 Å². The lowest BCUT2D eigenvalue weighted by atomic mass is 10.0. The van der Waals surface area contributed by atoms with Gasteiger partial charge in [-0.2, -0.15) is 0 Å². The zero-order chi connectivity index (χ0) is 15.1. The smallest absolute Gasteiger partial charge is 0.0470 e. The van der Waals surface area contributed by atoms with E-state index < -0.39 is 0 Å². The first kappa shape index (κ1) is 14.7. The summed E-state index contributed by atoms with van der Waals surface area (Å²) >= 11 is 0. The molecule has 0 fully saturated rings. The molecule has 0 radical (unpaired) electrons. The van der Waals surface area contributed by atoms with Crippen molar-refractivity contribution < 1.29 is 0 Å². The van der Waals surface area contributed by atoms with Crippen molar-refractivity contribution in [2.45, 2.75) is 13.8 Å². The average Bonchev–Trinajstić information content (AvgIpc) is 2.51. The lowest BCUT2D eigenvalue weighted by Gasteiger charge is -2.13. The highest BCUT2D eigenvalue weighted by Gasteiger charge is 2.06. The lowest BCUT2D eigenvalue weighted by molar-refractivity contribution is 1.43. The van der Waals surface area contributed by atoms with Crippen molar-refractivity contribution in [3.8, 4) is 12.3 Å². The van der Waals surface area contributed by atoms with Crippen molar-refractivity contribution in [2.75, 3.05) is 5.32 Å². The molecular weight excluding hydrogens is 254 g/mol. The van der Waals surface area contributed by atoms with Crippen LogP contribution in [0.15, 0.2) is 66.8 Å². The van der Waals surface area contributed by atoms with E-state index in [1.165, 1.54) is 5.56 Å². The van der Waals surface area contributed by atoms with Crippen molar-refractivity contribution in [1.29, 1.82) is 0 Å². The van der Waals surface area contributed by atoms with Crippen molar-refractivity contribution in [3.63, 3.8) is 0 Å². The zero-order valence-corrected chi connectivity index (χ0v) is 12.4. The Hall–Kier alpha value is -2.72. The van der Waals surface area contributed by atoms with Crippen LogP contribution >= 0.6 is 0 Å². The Kier molecular flexibility index (Phi) is 5.01. The highest BCUT2D eigenvalue weighted by atomic mass is 14.9. The van der Waals surface area contributed by atoms with Gasteiger partial charge in [-0.15, -0.1) is 6.42 Å². The number of allylic oxidation sites excluding steroid dienone is 4. The molecule has 0 saturated heterocycles. The highest BCUT2D eigenvalue weighted by molar-refractivity contribution is 5.87. The van der Waals surface area contributed by atoms with Crippen LogP contribution in [-0.4, -0.2) is 0 Å². The van der Waals surface area contributed by atoms with Gasteiger partial charge in [-0.1, -0.05) is 47.9 Å². The summed E-state index contributed by atoms with van der Waals surface area (Å²) in [6.07, 6.45) is 11.6. The fourth-order valence-corrected chi connectivity index (χ4v) is 2.08. The molecule has 0 amide bonds. The Morgan fingerprint density at radius 1 is 1.14 bits per heavy atom. The Bertz CT molecular complexity index is 700. The maximum absolute atomic E-state index is 5.68. The molecule has 2 rings (SSSR count). The van der Waals surface area contributed by atoms with Crippen LogP contribution in [0.5, 0.6) is 0 Å². The molecule has 1 nitrogen and oxygen atoms in total. The molecule has 104 valence electrons. The van der Waals surface area contributed by atoms with Gasteiger partial charge in [-0.05, 0) is 44.2 Å². The van der Waals surface area contributed by atoms with E-state index in [2.05, 4.69) is 36.4 Å². The van der Waals surface area contributed by atoms with E-state index in [-0.39, 0.29) is 0 Å². The molecule has 2 aromatic rings. The minimum atomic E-state index is 0.871. The van der Waals surface area contributed by atoms with Crippen LogP contribution in [0.3, 0.4) is 0 Å². The third-order valence-electron chi connectivity index (χ3n) is 3.13. The number of hydrogen-bond donors (Lipinski definition) is 1. The Morgan fingerprint density at radius 3 is 2.57 bits per heavy atom. The first-order valence-electron chi connectivity index (χ1n) is 6.97. The average molecular weight is 273 g/mol. The Balaban J connectivity index is 2.45. The first-order valence-corrected chi connectivity index (χ1v) is 6.97. The van der Waals surface area contributed by atoms with Gasteiger partial charge < -0.3 is 5.32 Å². The zero-order valence-electron chi connectivity index (χ0n) is 12.4. The lowest BCUT2D eigenvalue weighted by Crippen LogP contribution is -1.96. The van der Waals surface area contributed by atoms with Gasteiger partial charge in [0.15, 0.2) is 0 Å². The molecule has 1 heteroatoms. The van der Waals surface area contributed by atoms with Crippen LogP contribution in [0.2, 0.25) is 0 Å². The quantitative estimate of drug-likeness (QED) is 0.586. The Morgan fingerprint density at radius 2 is 1.90 bits per heavy atom. The number of nitrogens with one attached hydrogen (secondary N) is 1. The summed E-state index contributed by atoms with van der Waals surface area (Å²) in [7, 11) is 0. The topological polar surface area (TPSA) is 12.0 Å². The second-order valence-corrected chi connectivity index (χ2v) is 4.79. The number of terminal acetylenes is 1. The number of hydrogen-bond acceptors (Lipinski definition) is 1. The first-order chi connectivity index (χ1) is 10.2. The minimum absolute atomic E-state index is 0.871. The second-order valence-electron chi connectivity index (χ2n) is 4.79. The molecule has 0 unspecified atom stereocenters. The maximum atomic E-state index is 5.68. The third-order valence-corrected chi connectivity index (χ3v) is 3.13. The van der Waals surface area contributed by atoms with Crippen molar-refractivity contribution >= 4 is 16.9 Å².